The van der Waals surface area contributed by atoms with Crippen LogP contribution in [-0.2, 0) is 0 Å². The molecule has 0 heterocycles. The number of hydrogen-bond acceptors (Lipinski definition) is 7. The van der Waals surface area contributed by atoms with E-state index in [1.165, 1.54) is 25.3 Å². The van der Waals surface area contributed by atoms with Gasteiger partial charge in [-0.2, -0.15) is 5.10 Å². The molecule has 0 bridgehead atoms. The number of nitro benzene ring substituents is 2. The minimum absolute atomic E-state index is 0.0241. The normalized spacial score (nSPS) is 11.1. The van der Waals surface area contributed by atoms with Crippen molar-refractivity contribution in [2.45, 2.75) is 6.92 Å². The zero-order valence-electron chi connectivity index (χ0n) is 13.2. The Morgan fingerprint density at radius 2 is 1.88 bits per heavy atom. The molecule has 25 heavy (non-hydrogen) atoms. The highest BCUT2D eigenvalue weighted by atomic mass is 19.1. The van der Waals surface area contributed by atoms with Crippen molar-refractivity contribution in [3.05, 3.63) is 68.0 Å². The minimum Gasteiger partial charge on any atom is -0.494 e. The SMILES string of the molecule is COc1ccc(/C(C)=N\Nc2ccc([N+](=O)[O-])cc2[N+](=O)[O-])cc1F. The van der Waals surface area contributed by atoms with Gasteiger partial charge in [0.15, 0.2) is 11.6 Å². The van der Waals surface area contributed by atoms with E-state index in [0.29, 0.717) is 11.3 Å². The van der Waals surface area contributed by atoms with Crippen molar-refractivity contribution in [3.8, 4) is 5.75 Å². The zero-order valence-corrected chi connectivity index (χ0v) is 13.2. The van der Waals surface area contributed by atoms with Crippen LogP contribution < -0.4 is 10.2 Å². The fourth-order valence-electron chi connectivity index (χ4n) is 1.98. The second kappa shape index (κ2) is 7.34. The Bertz CT molecular complexity index is 869. The van der Waals surface area contributed by atoms with Crippen LogP contribution >= 0.6 is 0 Å². The van der Waals surface area contributed by atoms with Crippen LogP contribution in [0.5, 0.6) is 5.75 Å². The second-order valence-electron chi connectivity index (χ2n) is 4.87. The van der Waals surface area contributed by atoms with Gasteiger partial charge in [0.2, 0.25) is 0 Å². The van der Waals surface area contributed by atoms with Crippen molar-refractivity contribution in [3.63, 3.8) is 0 Å². The van der Waals surface area contributed by atoms with Gasteiger partial charge in [0.05, 0.1) is 28.7 Å². The number of non-ortho nitro benzene ring substituents is 1. The van der Waals surface area contributed by atoms with Crippen molar-refractivity contribution in [2.75, 3.05) is 12.5 Å². The van der Waals surface area contributed by atoms with Crippen LogP contribution in [0.4, 0.5) is 21.5 Å². The molecule has 0 aromatic heterocycles. The third kappa shape index (κ3) is 4.05. The van der Waals surface area contributed by atoms with Crippen molar-refractivity contribution in [1.82, 2.24) is 0 Å². The smallest absolute Gasteiger partial charge is 0.301 e. The average Bonchev–Trinajstić information content (AvgIpc) is 2.59. The van der Waals surface area contributed by atoms with E-state index in [-0.39, 0.29) is 11.4 Å². The van der Waals surface area contributed by atoms with Gasteiger partial charge in [0, 0.05) is 11.6 Å². The van der Waals surface area contributed by atoms with Crippen LogP contribution in [0.15, 0.2) is 41.5 Å². The van der Waals surface area contributed by atoms with Gasteiger partial charge in [-0.1, -0.05) is 0 Å². The average molecular weight is 348 g/mol. The molecule has 0 aliphatic rings. The van der Waals surface area contributed by atoms with Crippen LogP contribution in [0.1, 0.15) is 12.5 Å². The monoisotopic (exact) mass is 348 g/mol. The molecule has 0 radical (unpaired) electrons. The molecule has 130 valence electrons. The fraction of sp³-hybridized carbons (Fsp3) is 0.133. The lowest BCUT2D eigenvalue weighted by Gasteiger charge is -2.06. The summed E-state index contributed by atoms with van der Waals surface area (Å²) in [7, 11) is 1.34. The minimum atomic E-state index is -0.757. The van der Waals surface area contributed by atoms with Gasteiger partial charge < -0.3 is 4.74 Å². The molecule has 1 N–H and O–H groups in total. The molecule has 0 saturated heterocycles. The van der Waals surface area contributed by atoms with E-state index in [1.54, 1.807) is 13.0 Å². The number of hydrazone groups is 1. The molecule has 2 rings (SSSR count). The summed E-state index contributed by atoms with van der Waals surface area (Å²) in [6, 6.07) is 7.35. The number of methoxy groups -OCH3 is 1. The molecule has 2 aromatic rings. The van der Waals surface area contributed by atoms with E-state index < -0.39 is 27.0 Å². The number of hydrogen-bond donors (Lipinski definition) is 1. The highest BCUT2D eigenvalue weighted by Gasteiger charge is 2.19. The summed E-state index contributed by atoms with van der Waals surface area (Å²) in [6.45, 7) is 1.57. The number of benzene rings is 2. The van der Waals surface area contributed by atoms with Crippen LogP contribution in [0.3, 0.4) is 0 Å². The van der Waals surface area contributed by atoms with Crippen LogP contribution in [-0.4, -0.2) is 22.7 Å². The molecular weight excluding hydrogens is 335 g/mol. The molecule has 2 aromatic carbocycles. The van der Waals surface area contributed by atoms with Gasteiger partial charge in [0.1, 0.15) is 5.69 Å². The molecule has 0 fully saturated rings. The first kappa shape index (κ1) is 17.8. The Hall–Kier alpha value is -3.56. The summed E-state index contributed by atoms with van der Waals surface area (Å²) in [5.74, 6) is -0.494. The number of anilines is 1. The molecule has 0 saturated carbocycles. The lowest BCUT2D eigenvalue weighted by atomic mass is 10.1. The Kier molecular flexibility index (Phi) is 5.22. The molecule has 0 aliphatic heterocycles. The maximum absolute atomic E-state index is 13.7. The molecule has 0 unspecified atom stereocenters. The van der Waals surface area contributed by atoms with Gasteiger partial charge in [0.25, 0.3) is 5.69 Å². The van der Waals surface area contributed by atoms with Gasteiger partial charge in [-0.25, -0.2) is 4.39 Å². The van der Waals surface area contributed by atoms with Crippen LogP contribution in [0.2, 0.25) is 0 Å². The van der Waals surface area contributed by atoms with Gasteiger partial charge in [-0.15, -0.1) is 0 Å². The summed E-state index contributed by atoms with van der Waals surface area (Å²) in [5.41, 5.74) is 2.35. The standard InChI is InChI=1S/C15H13FN4O5/c1-9(10-3-6-15(25-2)12(16)7-10)17-18-13-5-4-11(19(21)22)8-14(13)20(23)24/h3-8,18H,1-2H3/b17-9-. The number of nitrogens with one attached hydrogen (secondary N) is 1. The predicted octanol–water partition coefficient (Wildman–Crippen LogP) is 3.49. The van der Waals surface area contributed by atoms with Crippen molar-refractivity contribution >= 4 is 22.8 Å². The van der Waals surface area contributed by atoms with Crippen LogP contribution in [0.25, 0.3) is 0 Å². The van der Waals surface area contributed by atoms with Crippen LogP contribution in [0, 0.1) is 26.0 Å². The number of nitro groups is 2. The molecule has 0 spiro atoms. The predicted molar refractivity (Wildman–Crippen MR) is 88.5 cm³/mol. The van der Waals surface area contributed by atoms with Crippen molar-refractivity contribution in [1.29, 1.82) is 0 Å². The number of nitrogens with zero attached hydrogens (tertiary/aromatic N) is 3. The second-order valence-corrected chi connectivity index (χ2v) is 4.87. The van der Waals surface area contributed by atoms with Gasteiger partial charge >= 0.3 is 5.69 Å². The zero-order chi connectivity index (χ0) is 18.6. The Labute approximate surface area is 141 Å². The fourth-order valence-corrected chi connectivity index (χ4v) is 1.98. The first-order chi connectivity index (χ1) is 11.8. The lowest BCUT2D eigenvalue weighted by Crippen LogP contribution is -2.03. The van der Waals surface area contributed by atoms with Crippen molar-refractivity contribution < 1.29 is 19.0 Å². The highest BCUT2D eigenvalue weighted by molar-refractivity contribution is 5.99. The Morgan fingerprint density at radius 1 is 1.16 bits per heavy atom. The number of rotatable bonds is 6. The number of halogens is 1. The molecule has 10 heteroatoms. The molecule has 0 atom stereocenters. The molecule has 9 nitrogen and oxygen atoms in total. The van der Waals surface area contributed by atoms with Crippen molar-refractivity contribution in [2.24, 2.45) is 5.10 Å². The first-order valence-corrected chi connectivity index (χ1v) is 6.90. The van der Waals surface area contributed by atoms with E-state index in [4.69, 9.17) is 4.74 Å². The largest absolute Gasteiger partial charge is 0.494 e. The molecule has 0 amide bonds. The van der Waals surface area contributed by atoms with E-state index in [1.807, 2.05) is 0 Å². The summed E-state index contributed by atoms with van der Waals surface area (Å²) in [5, 5.41) is 25.7. The lowest BCUT2D eigenvalue weighted by molar-refractivity contribution is -0.393. The third-order valence-corrected chi connectivity index (χ3v) is 3.30. The molecule has 0 aliphatic carbocycles. The summed E-state index contributed by atoms with van der Waals surface area (Å²) >= 11 is 0. The quantitative estimate of drug-likeness (QED) is 0.485. The summed E-state index contributed by atoms with van der Waals surface area (Å²) < 4.78 is 18.5. The van der Waals surface area contributed by atoms with E-state index in [9.17, 15) is 24.6 Å². The van der Waals surface area contributed by atoms with Gasteiger partial charge in [-0.3, -0.25) is 25.7 Å². The first-order valence-electron chi connectivity index (χ1n) is 6.90. The summed E-state index contributed by atoms with van der Waals surface area (Å²) in [6.07, 6.45) is 0. The maximum atomic E-state index is 13.7. The topological polar surface area (TPSA) is 120 Å². The third-order valence-electron chi connectivity index (χ3n) is 3.30. The Morgan fingerprint density at radius 3 is 2.44 bits per heavy atom. The number of ether oxygens (including phenoxy) is 1. The maximum Gasteiger partial charge on any atom is 0.301 e. The summed E-state index contributed by atoms with van der Waals surface area (Å²) in [4.78, 5) is 20.3. The van der Waals surface area contributed by atoms with E-state index in [0.717, 1.165) is 12.1 Å². The van der Waals surface area contributed by atoms with E-state index >= 15 is 0 Å². The highest BCUT2D eigenvalue weighted by Crippen LogP contribution is 2.29. The van der Waals surface area contributed by atoms with Gasteiger partial charge in [-0.05, 0) is 31.2 Å². The molecular formula is C15H13FN4O5. The Balaban J connectivity index is 2.30. The van der Waals surface area contributed by atoms with E-state index in [2.05, 4.69) is 10.5 Å².